The van der Waals surface area contributed by atoms with Gasteiger partial charge in [-0.25, -0.2) is 9.97 Å². The Balaban J connectivity index is 1.78. The molecule has 20 heavy (non-hydrogen) atoms. The first-order chi connectivity index (χ1) is 9.70. The molecule has 7 nitrogen and oxygen atoms in total. The third-order valence-corrected chi connectivity index (χ3v) is 3.36. The van der Waals surface area contributed by atoms with Gasteiger partial charge < -0.3 is 20.7 Å². The van der Waals surface area contributed by atoms with Crippen LogP contribution in [0.2, 0.25) is 0 Å². The zero-order valence-corrected chi connectivity index (χ0v) is 11.7. The van der Waals surface area contributed by atoms with Crippen molar-refractivity contribution in [1.29, 1.82) is 0 Å². The number of nitrogens with zero attached hydrogens (tertiary/aromatic N) is 3. The lowest BCUT2D eigenvalue weighted by Crippen LogP contribution is -2.51. The number of methoxy groups -OCH3 is 1. The molecule has 2 rings (SSSR count). The van der Waals surface area contributed by atoms with Crippen LogP contribution in [0.1, 0.15) is 12.8 Å². The molecule has 7 heteroatoms. The van der Waals surface area contributed by atoms with Crippen LogP contribution in [-0.2, 0) is 9.53 Å². The summed E-state index contributed by atoms with van der Waals surface area (Å²) in [6, 6.07) is 1.36. The highest BCUT2D eigenvalue weighted by molar-refractivity contribution is 5.81. The summed E-state index contributed by atoms with van der Waals surface area (Å²) >= 11 is 0. The molecule has 0 saturated carbocycles. The maximum atomic E-state index is 11.8. The highest BCUT2D eigenvalue weighted by Crippen LogP contribution is 2.15. The van der Waals surface area contributed by atoms with Crippen LogP contribution < -0.4 is 16.0 Å². The molecule has 1 atom stereocenters. The summed E-state index contributed by atoms with van der Waals surface area (Å²) in [6.45, 7) is 1.89. The van der Waals surface area contributed by atoms with Crippen LogP contribution in [0.15, 0.2) is 18.5 Å². The van der Waals surface area contributed by atoms with E-state index in [2.05, 4.69) is 20.2 Å². The van der Waals surface area contributed by atoms with Crippen LogP contribution in [0.3, 0.4) is 0 Å². The average molecular weight is 279 g/mol. The van der Waals surface area contributed by atoms with Gasteiger partial charge in [0.05, 0.1) is 6.61 Å². The van der Waals surface area contributed by atoms with Crippen molar-refractivity contribution in [3.05, 3.63) is 18.5 Å². The summed E-state index contributed by atoms with van der Waals surface area (Å²) in [5.41, 5.74) is 5.70. The lowest BCUT2D eigenvalue weighted by atomic mass is 10.0. The van der Waals surface area contributed by atoms with Crippen molar-refractivity contribution >= 4 is 11.9 Å². The van der Waals surface area contributed by atoms with Gasteiger partial charge in [-0.2, -0.15) is 0 Å². The molecule has 0 bridgehead atoms. The van der Waals surface area contributed by atoms with Gasteiger partial charge in [0.25, 0.3) is 0 Å². The maximum absolute atomic E-state index is 11.8. The Morgan fingerprint density at radius 1 is 1.50 bits per heavy atom. The first-order valence-electron chi connectivity index (χ1n) is 6.77. The molecule has 1 aromatic rings. The number of anilines is 1. The first-order valence-corrected chi connectivity index (χ1v) is 6.77. The first kappa shape index (κ1) is 14.7. The topological polar surface area (TPSA) is 93.4 Å². The second-order valence-corrected chi connectivity index (χ2v) is 4.88. The average Bonchev–Trinajstić information content (AvgIpc) is 2.49. The Morgan fingerprint density at radius 2 is 2.15 bits per heavy atom. The van der Waals surface area contributed by atoms with Crippen molar-refractivity contribution in [2.75, 3.05) is 31.7 Å². The Kier molecular flexibility index (Phi) is 5.25. The lowest BCUT2D eigenvalue weighted by Gasteiger charge is -2.32. The van der Waals surface area contributed by atoms with Gasteiger partial charge >= 0.3 is 0 Å². The third-order valence-electron chi connectivity index (χ3n) is 3.36. The van der Waals surface area contributed by atoms with Crippen molar-refractivity contribution in [3.63, 3.8) is 0 Å². The Morgan fingerprint density at radius 3 is 2.75 bits per heavy atom. The number of hydrogen-bond acceptors (Lipinski definition) is 6. The van der Waals surface area contributed by atoms with Gasteiger partial charge in [-0.3, -0.25) is 4.79 Å². The van der Waals surface area contributed by atoms with Gasteiger partial charge in [-0.15, -0.1) is 0 Å². The summed E-state index contributed by atoms with van der Waals surface area (Å²) < 4.78 is 4.88. The van der Waals surface area contributed by atoms with E-state index in [0.717, 1.165) is 31.9 Å². The molecule has 1 aromatic heterocycles. The largest absolute Gasteiger partial charge is 0.383 e. The van der Waals surface area contributed by atoms with Crippen molar-refractivity contribution in [1.82, 2.24) is 15.3 Å². The van der Waals surface area contributed by atoms with E-state index in [-0.39, 0.29) is 18.6 Å². The second kappa shape index (κ2) is 7.16. The fourth-order valence-corrected chi connectivity index (χ4v) is 2.24. The smallest absolute Gasteiger partial charge is 0.239 e. The van der Waals surface area contributed by atoms with E-state index in [9.17, 15) is 4.79 Å². The quantitative estimate of drug-likeness (QED) is 0.757. The molecule has 1 amide bonds. The minimum atomic E-state index is -0.601. The molecule has 1 aliphatic rings. The highest BCUT2D eigenvalue weighted by atomic mass is 16.5. The maximum Gasteiger partial charge on any atom is 0.239 e. The molecule has 0 aliphatic carbocycles. The molecule has 1 saturated heterocycles. The molecular weight excluding hydrogens is 258 g/mol. The molecule has 3 N–H and O–H groups in total. The predicted molar refractivity (Wildman–Crippen MR) is 75.3 cm³/mol. The Bertz CT molecular complexity index is 420. The zero-order chi connectivity index (χ0) is 14.4. The number of nitrogens with one attached hydrogen (secondary N) is 1. The van der Waals surface area contributed by atoms with E-state index in [1.54, 1.807) is 18.5 Å². The molecular formula is C13H21N5O2. The van der Waals surface area contributed by atoms with Crippen LogP contribution in [0.4, 0.5) is 5.95 Å². The van der Waals surface area contributed by atoms with Gasteiger partial charge in [0.15, 0.2) is 0 Å². The van der Waals surface area contributed by atoms with Gasteiger partial charge in [0.2, 0.25) is 11.9 Å². The van der Waals surface area contributed by atoms with Gasteiger partial charge in [-0.05, 0) is 18.9 Å². The van der Waals surface area contributed by atoms with Crippen molar-refractivity contribution in [3.8, 4) is 0 Å². The van der Waals surface area contributed by atoms with E-state index in [1.165, 1.54) is 7.11 Å². The number of nitrogens with two attached hydrogens (primary N) is 1. The van der Waals surface area contributed by atoms with Gasteiger partial charge in [-0.1, -0.05) is 0 Å². The van der Waals surface area contributed by atoms with Crippen LogP contribution >= 0.6 is 0 Å². The van der Waals surface area contributed by atoms with E-state index >= 15 is 0 Å². The lowest BCUT2D eigenvalue weighted by molar-refractivity contribution is -0.124. The van der Waals surface area contributed by atoms with Crippen LogP contribution in [0.25, 0.3) is 0 Å². The number of rotatable bonds is 5. The number of carbonyl (C=O) groups is 1. The molecule has 0 spiro atoms. The number of hydrogen-bond donors (Lipinski definition) is 2. The predicted octanol–water partition coefficient (Wildman–Crippen LogP) is -0.465. The monoisotopic (exact) mass is 279 g/mol. The minimum Gasteiger partial charge on any atom is -0.383 e. The normalized spacial score (nSPS) is 17.8. The molecule has 2 heterocycles. The third kappa shape index (κ3) is 3.88. The van der Waals surface area contributed by atoms with Crippen LogP contribution in [0.5, 0.6) is 0 Å². The summed E-state index contributed by atoms with van der Waals surface area (Å²) in [4.78, 5) is 22.4. The number of amides is 1. The molecule has 1 aliphatic heterocycles. The standard InChI is InChI=1S/C13H21N5O2/c1-20-9-11(14)12(19)17-10-3-7-18(8-4-10)13-15-5-2-6-16-13/h2,5-6,10-11H,3-4,7-9,14H2,1H3,(H,17,19). The summed E-state index contributed by atoms with van der Waals surface area (Å²) in [6.07, 6.45) is 5.20. The Labute approximate surface area is 118 Å². The van der Waals surface area contributed by atoms with E-state index in [4.69, 9.17) is 10.5 Å². The SMILES string of the molecule is COCC(N)C(=O)NC1CCN(c2ncccn2)CC1. The summed E-state index contributed by atoms with van der Waals surface area (Å²) in [5, 5.41) is 2.96. The van der Waals surface area contributed by atoms with E-state index in [0.29, 0.717) is 0 Å². The molecule has 0 aromatic carbocycles. The van der Waals surface area contributed by atoms with Crippen molar-refractivity contribution in [2.45, 2.75) is 24.9 Å². The zero-order valence-electron chi connectivity index (χ0n) is 11.7. The van der Waals surface area contributed by atoms with Crippen LogP contribution in [-0.4, -0.2) is 54.8 Å². The highest BCUT2D eigenvalue weighted by Gasteiger charge is 2.23. The number of piperidine rings is 1. The number of carbonyl (C=O) groups excluding carboxylic acids is 1. The number of ether oxygens (including phenoxy) is 1. The molecule has 0 radical (unpaired) electrons. The molecule has 1 unspecified atom stereocenters. The van der Waals surface area contributed by atoms with E-state index in [1.807, 2.05) is 0 Å². The number of aromatic nitrogens is 2. The second-order valence-electron chi connectivity index (χ2n) is 4.88. The summed E-state index contributed by atoms with van der Waals surface area (Å²) in [7, 11) is 1.53. The minimum absolute atomic E-state index is 0.152. The molecule has 1 fully saturated rings. The molecule has 110 valence electrons. The van der Waals surface area contributed by atoms with Crippen molar-refractivity contribution in [2.24, 2.45) is 5.73 Å². The van der Waals surface area contributed by atoms with Crippen molar-refractivity contribution < 1.29 is 9.53 Å². The van der Waals surface area contributed by atoms with Crippen LogP contribution in [0, 0.1) is 0 Å². The van der Waals surface area contributed by atoms with Gasteiger partial charge in [0, 0.05) is 38.6 Å². The van der Waals surface area contributed by atoms with Gasteiger partial charge in [0.1, 0.15) is 6.04 Å². The van der Waals surface area contributed by atoms with E-state index < -0.39 is 6.04 Å². The summed E-state index contributed by atoms with van der Waals surface area (Å²) in [5.74, 6) is 0.592. The Hall–Kier alpha value is -1.73. The fraction of sp³-hybridized carbons (Fsp3) is 0.615. The fourth-order valence-electron chi connectivity index (χ4n) is 2.24.